The van der Waals surface area contributed by atoms with Gasteiger partial charge in [0.2, 0.25) is 0 Å². The summed E-state index contributed by atoms with van der Waals surface area (Å²) in [7, 11) is 0. The number of fused-ring (bicyclic) bond motifs is 1. The van der Waals surface area contributed by atoms with Crippen LogP contribution in [0.4, 0.5) is 4.39 Å². The molecule has 0 unspecified atom stereocenters. The zero-order valence-electron chi connectivity index (χ0n) is 17.8. The Hall–Kier alpha value is -4.37. The number of nitrogens with one attached hydrogen (secondary N) is 2. The molecule has 6 heteroatoms. The predicted molar refractivity (Wildman–Crippen MR) is 126 cm³/mol. The maximum atomic E-state index is 13.9. The molecule has 0 aliphatic rings. The molecule has 164 valence electrons. The van der Waals surface area contributed by atoms with E-state index in [0.29, 0.717) is 29.8 Å². The lowest BCUT2D eigenvalue weighted by Gasteiger charge is -2.10. The molecule has 0 atom stereocenters. The fourth-order valence-electron chi connectivity index (χ4n) is 3.55. The van der Waals surface area contributed by atoms with Gasteiger partial charge in [0.15, 0.2) is 0 Å². The number of benzene rings is 3. The lowest BCUT2D eigenvalue weighted by atomic mass is 10.1. The van der Waals surface area contributed by atoms with E-state index in [1.165, 1.54) is 12.1 Å². The molecule has 0 saturated carbocycles. The lowest BCUT2D eigenvalue weighted by molar-refractivity contribution is -0.117. The van der Waals surface area contributed by atoms with Gasteiger partial charge in [-0.25, -0.2) is 4.39 Å². The van der Waals surface area contributed by atoms with E-state index in [9.17, 15) is 14.4 Å². The van der Waals surface area contributed by atoms with Crippen LogP contribution in [0.3, 0.4) is 0 Å². The highest BCUT2D eigenvalue weighted by Gasteiger charge is 2.12. The topological polar surface area (TPSA) is 77.9 Å². The average molecular weight is 439 g/mol. The molecule has 5 nitrogen and oxygen atoms in total. The third kappa shape index (κ3) is 5.28. The number of aromatic nitrogens is 1. The summed E-state index contributed by atoms with van der Waals surface area (Å²) >= 11 is 0. The van der Waals surface area contributed by atoms with Crippen molar-refractivity contribution >= 4 is 22.9 Å². The van der Waals surface area contributed by atoms with Gasteiger partial charge in [-0.05, 0) is 36.3 Å². The van der Waals surface area contributed by atoms with Crippen molar-refractivity contribution in [3.05, 3.63) is 107 Å². The van der Waals surface area contributed by atoms with E-state index in [0.717, 1.165) is 16.5 Å². The van der Waals surface area contributed by atoms with E-state index in [4.69, 9.17) is 4.74 Å². The van der Waals surface area contributed by atoms with Gasteiger partial charge in [-0.1, -0.05) is 54.6 Å². The van der Waals surface area contributed by atoms with Gasteiger partial charge in [0, 0.05) is 34.8 Å². The lowest BCUT2D eigenvalue weighted by Crippen LogP contribution is -2.26. The number of aromatic amines is 1. The van der Waals surface area contributed by atoms with Crippen LogP contribution in [0.2, 0.25) is 0 Å². The fraction of sp³-hybridized carbons (Fsp3) is 0.111. The molecule has 1 aromatic heterocycles. The molecule has 33 heavy (non-hydrogen) atoms. The van der Waals surface area contributed by atoms with Crippen molar-refractivity contribution in [3.8, 4) is 11.8 Å². The van der Waals surface area contributed by atoms with Crippen molar-refractivity contribution in [2.75, 3.05) is 6.54 Å². The van der Waals surface area contributed by atoms with Gasteiger partial charge in [0.25, 0.3) is 5.91 Å². The summed E-state index contributed by atoms with van der Waals surface area (Å²) in [6.45, 7) is 0.432. The quantitative estimate of drug-likeness (QED) is 0.294. The second-order valence-electron chi connectivity index (χ2n) is 7.45. The number of para-hydroxylation sites is 2. The van der Waals surface area contributed by atoms with Crippen LogP contribution < -0.4 is 10.1 Å². The van der Waals surface area contributed by atoms with E-state index >= 15 is 0 Å². The largest absolute Gasteiger partial charge is 0.488 e. The van der Waals surface area contributed by atoms with Crippen LogP contribution in [0.1, 0.15) is 16.7 Å². The first-order valence-electron chi connectivity index (χ1n) is 10.6. The third-order valence-electron chi connectivity index (χ3n) is 5.28. The number of nitrogens with zero attached hydrogens (tertiary/aromatic N) is 1. The van der Waals surface area contributed by atoms with Gasteiger partial charge in [-0.2, -0.15) is 5.26 Å². The normalized spacial score (nSPS) is 11.2. The maximum absolute atomic E-state index is 13.9. The highest BCUT2D eigenvalue weighted by molar-refractivity contribution is 6.02. The van der Waals surface area contributed by atoms with Crippen LogP contribution in [0.15, 0.2) is 84.6 Å². The van der Waals surface area contributed by atoms with Crippen LogP contribution in [-0.2, 0) is 17.8 Å². The smallest absolute Gasteiger partial charge is 0.261 e. The minimum atomic E-state index is -0.457. The molecule has 0 bridgehead atoms. The number of hydrogen-bond acceptors (Lipinski definition) is 3. The van der Waals surface area contributed by atoms with Crippen LogP contribution in [0.5, 0.6) is 5.75 Å². The average Bonchev–Trinajstić information content (AvgIpc) is 3.25. The second kappa shape index (κ2) is 10.3. The van der Waals surface area contributed by atoms with Gasteiger partial charge in [-0.3, -0.25) is 4.79 Å². The minimum Gasteiger partial charge on any atom is -0.488 e. The molecule has 1 heterocycles. The first-order chi connectivity index (χ1) is 16.2. The summed E-state index contributed by atoms with van der Waals surface area (Å²) in [5.74, 6) is -0.348. The fourth-order valence-corrected chi connectivity index (χ4v) is 3.55. The summed E-state index contributed by atoms with van der Waals surface area (Å²) < 4.78 is 19.7. The second-order valence-corrected chi connectivity index (χ2v) is 7.45. The molecule has 0 aliphatic carbocycles. The molecule has 0 fully saturated rings. The number of halogens is 1. The highest BCUT2D eigenvalue weighted by Crippen LogP contribution is 2.23. The van der Waals surface area contributed by atoms with Crippen LogP contribution in [0, 0.1) is 17.1 Å². The van der Waals surface area contributed by atoms with Crippen LogP contribution in [0.25, 0.3) is 17.0 Å². The standard InChI is InChI=1S/C27H22FN3O2/c28-24-10-4-1-8-21(24)18-33-26-12-6-2-7-19(26)15-22(16-29)27(32)30-14-13-20-17-31-25-11-5-3-9-23(20)25/h1-12,15,17,31H,13-14,18H2,(H,30,32)/b22-15-. The van der Waals surface area contributed by atoms with E-state index in [1.807, 2.05) is 36.5 Å². The van der Waals surface area contributed by atoms with Crippen molar-refractivity contribution in [2.24, 2.45) is 0 Å². The molecule has 1 amide bonds. The SMILES string of the molecule is N#C/C(=C/c1ccccc1OCc1ccccc1F)C(=O)NCCc1c[nH]c2ccccc12. The Morgan fingerprint density at radius 1 is 1.03 bits per heavy atom. The van der Waals surface area contributed by atoms with E-state index < -0.39 is 5.91 Å². The molecular formula is C27H22FN3O2. The summed E-state index contributed by atoms with van der Waals surface area (Å²) in [4.78, 5) is 15.8. The summed E-state index contributed by atoms with van der Waals surface area (Å²) in [6.07, 6.45) is 4.05. The molecule has 0 aliphatic heterocycles. The molecule has 3 aromatic carbocycles. The zero-order chi connectivity index (χ0) is 23.0. The first-order valence-corrected chi connectivity index (χ1v) is 10.6. The zero-order valence-corrected chi connectivity index (χ0v) is 17.8. The predicted octanol–water partition coefficient (Wildman–Crippen LogP) is 5.15. The van der Waals surface area contributed by atoms with E-state index in [1.54, 1.807) is 42.5 Å². The monoisotopic (exact) mass is 439 g/mol. The number of rotatable bonds is 8. The Morgan fingerprint density at radius 2 is 1.79 bits per heavy atom. The Morgan fingerprint density at radius 3 is 2.64 bits per heavy atom. The van der Waals surface area contributed by atoms with Crippen molar-refractivity contribution < 1.29 is 13.9 Å². The number of carbonyl (C=O) groups is 1. The molecule has 0 radical (unpaired) electrons. The Balaban J connectivity index is 1.42. The van der Waals surface area contributed by atoms with Crippen LogP contribution in [-0.4, -0.2) is 17.4 Å². The number of amides is 1. The number of carbonyl (C=O) groups excluding carboxylic acids is 1. The highest BCUT2D eigenvalue weighted by atomic mass is 19.1. The molecule has 4 rings (SSSR count). The van der Waals surface area contributed by atoms with Gasteiger partial charge in [-0.15, -0.1) is 0 Å². The van der Waals surface area contributed by atoms with Gasteiger partial charge in [0.05, 0.1) is 0 Å². The summed E-state index contributed by atoms with van der Waals surface area (Å²) in [5.41, 5.74) is 3.10. The summed E-state index contributed by atoms with van der Waals surface area (Å²) in [5, 5.41) is 13.5. The molecule has 0 spiro atoms. The summed E-state index contributed by atoms with van der Waals surface area (Å²) in [6, 6.07) is 23.3. The number of ether oxygens (including phenoxy) is 1. The van der Waals surface area contributed by atoms with E-state index in [2.05, 4.69) is 10.3 Å². The van der Waals surface area contributed by atoms with Gasteiger partial charge in [0.1, 0.15) is 29.8 Å². The Bertz CT molecular complexity index is 1350. The number of nitriles is 1. The molecule has 0 saturated heterocycles. The van der Waals surface area contributed by atoms with Gasteiger partial charge < -0.3 is 15.0 Å². The molecule has 4 aromatic rings. The number of hydrogen-bond donors (Lipinski definition) is 2. The van der Waals surface area contributed by atoms with E-state index in [-0.39, 0.29) is 18.0 Å². The van der Waals surface area contributed by atoms with Crippen molar-refractivity contribution in [2.45, 2.75) is 13.0 Å². The van der Waals surface area contributed by atoms with Crippen LogP contribution >= 0.6 is 0 Å². The Kier molecular flexibility index (Phi) is 6.81. The number of H-pyrrole nitrogens is 1. The third-order valence-corrected chi connectivity index (χ3v) is 5.28. The minimum absolute atomic E-state index is 0.0316. The van der Waals surface area contributed by atoms with Gasteiger partial charge >= 0.3 is 0 Å². The maximum Gasteiger partial charge on any atom is 0.261 e. The van der Waals surface area contributed by atoms with Crippen molar-refractivity contribution in [3.63, 3.8) is 0 Å². The molecular weight excluding hydrogens is 417 g/mol. The van der Waals surface area contributed by atoms with Crippen molar-refractivity contribution in [1.82, 2.24) is 10.3 Å². The first kappa shape index (κ1) is 21.8. The Labute approximate surface area is 191 Å². The van der Waals surface area contributed by atoms with Crippen molar-refractivity contribution in [1.29, 1.82) is 5.26 Å². The molecule has 2 N–H and O–H groups in total.